The van der Waals surface area contributed by atoms with E-state index in [1.807, 2.05) is 5.32 Å². The summed E-state index contributed by atoms with van der Waals surface area (Å²) in [5, 5.41) is 15.3. The summed E-state index contributed by atoms with van der Waals surface area (Å²) in [7, 11) is 0. The number of nitrogens with zero attached hydrogens (tertiary/aromatic N) is 1. The number of aryl methyl sites for hydroxylation is 2. The van der Waals surface area contributed by atoms with Crippen LogP contribution in [-0.2, 0) is 0 Å². The molecule has 3 rings (SSSR count). The highest BCUT2D eigenvalue weighted by molar-refractivity contribution is 5.76. The first-order chi connectivity index (χ1) is 13.5. The summed E-state index contributed by atoms with van der Waals surface area (Å²) >= 11 is 0. The second-order valence-corrected chi connectivity index (χ2v) is 6.83. The van der Waals surface area contributed by atoms with Crippen molar-refractivity contribution in [2.45, 2.75) is 38.5 Å². The molecule has 0 spiro atoms. The molecule has 0 bridgehead atoms. The van der Waals surface area contributed by atoms with Crippen molar-refractivity contribution in [2.24, 2.45) is 0 Å². The second-order valence-electron chi connectivity index (χ2n) is 6.83. The number of carbonyl (C=O) groups excluding carboxylic acids is 1. The van der Waals surface area contributed by atoms with Gasteiger partial charge in [-0.1, -0.05) is 6.08 Å². The summed E-state index contributed by atoms with van der Waals surface area (Å²) in [5.41, 5.74) is 1.84. The number of alkyl halides is 3. The third-order valence-corrected chi connectivity index (χ3v) is 4.63. The molecule has 10 heteroatoms. The van der Waals surface area contributed by atoms with Crippen molar-refractivity contribution < 1.29 is 27.3 Å². The van der Waals surface area contributed by atoms with Crippen molar-refractivity contribution in [1.29, 1.82) is 0 Å². The van der Waals surface area contributed by atoms with Gasteiger partial charge in [-0.2, -0.15) is 13.2 Å². The number of rotatable bonds is 4. The molecule has 154 valence electrons. The summed E-state index contributed by atoms with van der Waals surface area (Å²) in [6.45, 7) is 3.35. The van der Waals surface area contributed by atoms with Crippen molar-refractivity contribution in [1.82, 2.24) is 10.6 Å². The fourth-order valence-corrected chi connectivity index (χ4v) is 3.14. The summed E-state index contributed by atoms with van der Waals surface area (Å²) in [6, 6.07) is 2.82. The van der Waals surface area contributed by atoms with Gasteiger partial charge in [0.25, 0.3) is 5.69 Å². The number of halogens is 3. The first-order valence-electron chi connectivity index (χ1n) is 8.72. The van der Waals surface area contributed by atoms with Crippen LogP contribution in [0.15, 0.2) is 34.8 Å². The lowest BCUT2D eigenvalue weighted by atomic mass is 10.0. The largest absolute Gasteiger partial charge is 0.457 e. The van der Waals surface area contributed by atoms with Crippen molar-refractivity contribution in [3.63, 3.8) is 0 Å². The molecule has 0 aliphatic carbocycles. The molecule has 1 fully saturated rings. The van der Waals surface area contributed by atoms with Crippen molar-refractivity contribution in [2.75, 3.05) is 0 Å². The number of urea groups is 1. The quantitative estimate of drug-likeness (QED) is 0.574. The zero-order chi connectivity index (χ0) is 21.3. The highest BCUT2D eigenvalue weighted by Crippen LogP contribution is 2.31. The normalized spacial score (nSPS) is 19.8. The monoisotopic (exact) mass is 409 g/mol. The first kappa shape index (κ1) is 20.4. The molecule has 2 atom stereocenters. The molecule has 1 aliphatic heterocycles. The van der Waals surface area contributed by atoms with Crippen molar-refractivity contribution in [3.05, 3.63) is 57.3 Å². The van der Waals surface area contributed by atoms with Crippen LogP contribution in [0.1, 0.15) is 23.3 Å². The molecule has 2 aromatic rings. The molecule has 2 amide bonds. The van der Waals surface area contributed by atoms with Crippen molar-refractivity contribution in [3.8, 4) is 11.3 Å². The van der Waals surface area contributed by atoms with Gasteiger partial charge in [0, 0.05) is 23.6 Å². The maximum Gasteiger partial charge on any atom is 0.408 e. The molecule has 2 unspecified atom stereocenters. The Kier molecular flexibility index (Phi) is 5.36. The van der Waals surface area contributed by atoms with E-state index in [2.05, 4.69) is 5.32 Å². The number of nitro benzene ring substituents is 1. The molecule has 1 aromatic carbocycles. The Morgan fingerprint density at radius 3 is 2.59 bits per heavy atom. The Morgan fingerprint density at radius 1 is 1.21 bits per heavy atom. The van der Waals surface area contributed by atoms with Gasteiger partial charge >= 0.3 is 12.2 Å². The third kappa shape index (κ3) is 4.58. The Balaban J connectivity index is 1.78. The zero-order valence-corrected chi connectivity index (χ0v) is 15.5. The van der Waals surface area contributed by atoms with E-state index >= 15 is 0 Å². The van der Waals surface area contributed by atoms with Gasteiger partial charge in [0.1, 0.15) is 17.6 Å². The molecular formula is C19H18F3N3O4. The average molecular weight is 409 g/mol. The summed E-state index contributed by atoms with van der Waals surface area (Å²) in [6.07, 6.45) is -1.93. The summed E-state index contributed by atoms with van der Waals surface area (Å²) < 4.78 is 44.3. The van der Waals surface area contributed by atoms with Crippen molar-refractivity contribution >= 4 is 17.8 Å². The maximum absolute atomic E-state index is 12.9. The minimum Gasteiger partial charge on any atom is -0.457 e. The van der Waals surface area contributed by atoms with E-state index in [0.717, 1.165) is 0 Å². The van der Waals surface area contributed by atoms with Crippen LogP contribution in [0.2, 0.25) is 0 Å². The topological polar surface area (TPSA) is 97.4 Å². The number of hydrogen-bond donors (Lipinski definition) is 2. The lowest BCUT2D eigenvalue weighted by Crippen LogP contribution is -2.58. The zero-order valence-electron chi connectivity index (χ0n) is 15.5. The number of furan rings is 1. The van der Waals surface area contributed by atoms with E-state index in [1.165, 1.54) is 18.2 Å². The lowest BCUT2D eigenvalue weighted by Gasteiger charge is -2.30. The van der Waals surface area contributed by atoms with Gasteiger partial charge in [-0.3, -0.25) is 10.1 Å². The van der Waals surface area contributed by atoms with E-state index in [0.29, 0.717) is 28.2 Å². The predicted octanol–water partition coefficient (Wildman–Crippen LogP) is 4.49. The number of nitro groups is 1. The Labute approximate surface area is 163 Å². The number of amides is 2. The number of nitrogens with one attached hydrogen (secondary N) is 2. The van der Waals surface area contributed by atoms with Gasteiger partial charge in [0.2, 0.25) is 0 Å². The van der Waals surface area contributed by atoms with Gasteiger partial charge in [0.05, 0.1) is 11.0 Å². The van der Waals surface area contributed by atoms with Gasteiger partial charge < -0.3 is 15.1 Å². The molecule has 0 radical (unpaired) electrons. The molecule has 29 heavy (non-hydrogen) atoms. The molecule has 2 heterocycles. The van der Waals surface area contributed by atoms with E-state index in [1.54, 1.807) is 32.0 Å². The van der Waals surface area contributed by atoms with E-state index in [9.17, 15) is 28.1 Å². The van der Waals surface area contributed by atoms with E-state index < -0.39 is 29.2 Å². The predicted molar refractivity (Wildman–Crippen MR) is 99.2 cm³/mol. The van der Waals surface area contributed by atoms with Gasteiger partial charge in [-0.25, -0.2) is 4.79 Å². The van der Waals surface area contributed by atoms with Crippen LogP contribution < -0.4 is 10.6 Å². The van der Waals surface area contributed by atoms with Gasteiger partial charge in [0.15, 0.2) is 0 Å². The molecule has 0 saturated carbocycles. The van der Waals surface area contributed by atoms with E-state index in [-0.39, 0.29) is 12.1 Å². The smallest absolute Gasteiger partial charge is 0.408 e. The first-order valence-corrected chi connectivity index (χ1v) is 8.72. The highest BCUT2D eigenvalue weighted by Gasteiger charge is 2.44. The van der Waals surface area contributed by atoms with Crippen LogP contribution >= 0.6 is 0 Å². The average Bonchev–Trinajstić information content (AvgIpc) is 3.09. The Hall–Kier alpha value is -3.30. The summed E-state index contributed by atoms with van der Waals surface area (Å²) in [4.78, 5) is 22.0. The lowest BCUT2D eigenvalue weighted by molar-refractivity contribution is -0.385. The Bertz CT molecular complexity index is 982. The third-order valence-electron chi connectivity index (χ3n) is 4.63. The number of benzene rings is 1. The molecule has 1 aromatic heterocycles. The van der Waals surface area contributed by atoms with Crippen LogP contribution in [0.5, 0.6) is 0 Å². The molecular weight excluding hydrogens is 391 g/mol. The standard InChI is InChI=1S/C19H18F3N3O4/c1-10-8-15(25(27)28)11(2)7-14(10)16-6-5-13(29-16)4-3-12-9-17(19(20,21)22)24-18(26)23-12/h3-8,12,17H,9H2,1-2H3,(H2,23,24,26)/b4-3+. The SMILES string of the molecule is Cc1cc([N+](=O)[O-])c(C)cc1-c1ccc(/C=C/C2CC(C(F)(F)F)NC(=O)N2)o1. The van der Waals surface area contributed by atoms with Crippen LogP contribution in [0, 0.1) is 24.0 Å². The molecule has 1 aliphatic rings. The van der Waals surface area contributed by atoms with Crippen LogP contribution in [-0.4, -0.2) is 29.2 Å². The molecule has 7 nitrogen and oxygen atoms in total. The van der Waals surface area contributed by atoms with Gasteiger partial charge in [-0.05, 0) is 43.7 Å². The number of carbonyl (C=O) groups is 1. The molecule has 1 saturated heterocycles. The van der Waals surface area contributed by atoms with Gasteiger partial charge in [-0.15, -0.1) is 0 Å². The molecule has 2 N–H and O–H groups in total. The fourth-order valence-electron chi connectivity index (χ4n) is 3.14. The maximum atomic E-state index is 12.9. The Morgan fingerprint density at radius 2 is 1.93 bits per heavy atom. The highest BCUT2D eigenvalue weighted by atomic mass is 19.4. The van der Waals surface area contributed by atoms with Crippen LogP contribution in [0.4, 0.5) is 23.7 Å². The second kappa shape index (κ2) is 7.61. The minimum atomic E-state index is -4.52. The summed E-state index contributed by atoms with van der Waals surface area (Å²) in [5.74, 6) is 0.856. The van der Waals surface area contributed by atoms with Crippen LogP contribution in [0.3, 0.4) is 0 Å². The fraction of sp³-hybridized carbons (Fsp3) is 0.316. The minimum absolute atomic E-state index is 0.0128. The van der Waals surface area contributed by atoms with E-state index in [4.69, 9.17) is 4.42 Å². The number of hydrogen-bond acceptors (Lipinski definition) is 4. The van der Waals surface area contributed by atoms with Crippen LogP contribution in [0.25, 0.3) is 17.4 Å².